The lowest BCUT2D eigenvalue weighted by Crippen LogP contribution is -2.35. The van der Waals surface area contributed by atoms with Gasteiger partial charge in [0.2, 0.25) is 10.9 Å². The van der Waals surface area contributed by atoms with Crippen LogP contribution < -0.4 is 10.6 Å². The summed E-state index contributed by atoms with van der Waals surface area (Å²) < 4.78 is 0. The minimum Gasteiger partial charge on any atom is -0.355 e. The summed E-state index contributed by atoms with van der Waals surface area (Å²) >= 11 is 1.28. The molecule has 0 saturated carbocycles. The molecule has 8 heteroatoms. The molecule has 2 amide bonds. The quantitative estimate of drug-likeness (QED) is 0.638. The average Bonchev–Trinajstić information content (AvgIpc) is 3.05. The highest BCUT2D eigenvalue weighted by molar-refractivity contribution is 7.13. The fourth-order valence-electron chi connectivity index (χ4n) is 3.54. The van der Waals surface area contributed by atoms with E-state index in [2.05, 4.69) is 25.7 Å². The van der Waals surface area contributed by atoms with E-state index in [1.807, 2.05) is 31.2 Å². The number of aryl methyl sites for hydroxylation is 2. The summed E-state index contributed by atoms with van der Waals surface area (Å²) in [5.41, 5.74) is 1.77. The molecule has 7 nitrogen and oxygen atoms in total. The Balaban J connectivity index is 1.34. The van der Waals surface area contributed by atoms with Crippen LogP contribution in [0.25, 0.3) is 0 Å². The van der Waals surface area contributed by atoms with Crippen molar-refractivity contribution in [1.82, 2.24) is 20.4 Å². The Labute approximate surface area is 182 Å². The Morgan fingerprint density at radius 2 is 1.87 bits per heavy atom. The zero-order valence-corrected chi connectivity index (χ0v) is 18.5. The van der Waals surface area contributed by atoms with E-state index in [1.165, 1.54) is 37.0 Å². The summed E-state index contributed by atoms with van der Waals surface area (Å²) in [7, 11) is 0. The predicted octanol–water partition coefficient (Wildman–Crippen LogP) is 3.41. The highest BCUT2D eigenvalue weighted by atomic mass is 32.1. The van der Waals surface area contributed by atoms with Crippen LogP contribution in [0.1, 0.15) is 58.9 Å². The van der Waals surface area contributed by atoms with Gasteiger partial charge in [-0.05, 0) is 50.9 Å². The van der Waals surface area contributed by atoms with Crippen molar-refractivity contribution in [3.8, 4) is 0 Å². The molecule has 0 unspecified atom stereocenters. The number of amides is 2. The van der Waals surface area contributed by atoms with E-state index in [4.69, 9.17) is 0 Å². The van der Waals surface area contributed by atoms with Crippen molar-refractivity contribution in [2.45, 2.75) is 51.9 Å². The molecule has 2 heterocycles. The second-order valence-corrected chi connectivity index (χ2v) is 8.79. The molecule has 1 aliphatic heterocycles. The summed E-state index contributed by atoms with van der Waals surface area (Å²) in [6.07, 6.45) is 6.98. The number of likely N-dealkylation sites (tertiary alicyclic amines) is 1. The zero-order chi connectivity index (χ0) is 21.2. The second-order valence-electron chi connectivity index (χ2n) is 7.73. The van der Waals surface area contributed by atoms with Crippen LogP contribution in [0.4, 0.5) is 5.69 Å². The first kappa shape index (κ1) is 22.4. The van der Waals surface area contributed by atoms with Gasteiger partial charge in [0.1, 0.15) is 5.01 Å². The lowest BCUT2D eigenvalue weighted by Gasteiger charge is -2.19. The van der Waals surface area contributed by atoms with Crippen LogP contribution in [0.3, 0.4) is 0 Å². The van der Waals surface area contributed by atoms with Crippen molar-refractivity contribution in [2.24, 2.45) is 0 Å². The third kappa shape index (κ3) is 7.18. The first-order valence-electron chi connectivity index (χ1n) is 10.8. The number of hydrogen-bond acceptors (Lipinski definition) is 6. The van der Waals surface area contributed by atoms with Gasteiger partial charge >= 0.3 is 0 Å². The number of carbonyl (C=O) groups excluding carboxylic acids is 2. The molecule has 30 heavy (non-hydrogen) atoms. The largest absolute Gasteiger partial charge is 0.355 e. The molecule has 2 aromatic rings. The van der Waals surface area contributed by atoms with Crippen molar-refractivity contribution >= 4 is 28.8 Å². The fourth-order valence-corrected chi connectivity index (χ4v) is 4.31. The maximum Gasteiger partial charge on any atom is 0.286 e. The topological polar surface area (TPSA) is 87.2 Å². The van der Waals surface area contributed by atoms with Crippen molar-refractivity contribution in [2.75, 3.05) is 31.5 Å². The van der Waals surface area contributed by atoms with Crippen molar-refractivity contribution in [3.05, 3.63) is 39.8 Å². The van der Waals surface area contributed by atoms with E-state index in [0.29, 0.717) is 30.8 Å². The molecule has 3 rings (SSSR count). The zero-order valence-electron chi connectivity index (χ0n) is 17.7. The number of para-hydroxylation sites is 1. The van der Waals surface area contributed by atoms with Crippen LogP contribution in [0.2, 0.25) is 0 Å². The van der Waals surface area contributed by atoms with Gasteiger partial charge in [0, 0.05) is 31.6 Å². The molecule has 1 aromatic heterocycles. The highest BCUT2D eigenvalue weighted by Gasteiger charge is 2.14. The van der Waals surface area contributed by atoms with E-state index < -0.39 is 0 Å². The van der Waals surface area contributed by atoms with Gasteiger partial charge in [-0.15, -0.1) is 10.2 Å². The molecule has 0 atom stereocenters. The number of hydrogen-bond donors (Lipinski definition) is 2. The summed E-state index contributed by atoms with van der Waals surface area (Å²) in [5, 5.41) is 15.1. The molecule has 1 aliphatic rings. The summed E-state index contributed by atoms with van der Waals surface area (Å²) in [6.45, 7) is 5.88. The van der Waals surface area contributed by atoms with E-state index >= 15 is 0 Å². The van der Waals surface area contributed by atoms with Crippen molar-refractivity contribution in [1.29, 1.82) is 0 Å². The lowest BCUT2D eigenvalue weighted by atomic mass is 10.2. The van der Waals surface area contributed by atoms with Gasteiger partial charge in [-0.2, -0.15) is 0 Å². The van der Waals surface area contributed by atoms with E-state index in [9.17, 15) is 9.59 Å². The highest BCUT2D eigenvalue weighted by Crippen LogP contribution is 2.17. The standard InChI is InChI=1S/C22H31N5O2S/c1-17-9-4-5-10-18(17)24-21(29)22-26-25-20(30-22)12-8-11-19(28)23-13-16-27-14-6-2-3-7-15-27/h4-5,9-10H,2-3,6-8,11-16H2,1H3,(H,23,28)(H,24,29). The van der Waals surface area contributed by atoms with Crippen LogP contribution in [0, 0.1) is 6.92 Å². The van der Waals surface area contributed by atoms with Gasteiger partial charge in [0.25, 0.3) is 5.91 Å². The monoisotopic (exact) mass is 429 g/mol. The van der Waals surface area contributed by atoms with Gasteiger partial charge in [-0.1, -0.05) is 42.4 Å². The number of nitrogens with zero attached hydrogens (tertiary/aromatic N) is 3. The first-order valence-corrected chi connectivity index (χ1v) is 11.6. The molecule has 0 aliphatic carbocycles. The van der Waals surface area contributed by atoms with Crippen LogP contribution >= 0.6 is 11.3 Å². The van der Waals surface area contributed by atoms with Gasteiger partial charge in [0.15, 0.2) is 0 Å². The predicted molar refractivity (Wildman–Crippen MR) is 120 cm³/mol. The molecule has 0 radical (unpaired) electrons. The molecular formula is C22H31N5O2S. The van der Waals surface area contributed by atoms with E-state index in [-0.39, 0.29) is 11.8 Å². The summed E-state index contributed by atoms with van der Waals surface area (Å²) in [4.78, 5) is 26.9. The molecule has 1 saturated heterocycles. The van der Waals surface area contributed by atoms with Gasteiger partial charge in [-0.25, -0.2) is 0 Å². The van der Waals surface area contributed by atoms with Crippen LogP contribution in [0.5, 0.6) is 0 Å². The summed E-state index contributed by atoms with van der Waals surface area (Å²) in [6, 6.07) is 7.62. The molecule has 2 N–H and O–H groups in total. The molecule has 0 spiro atoms. The Hall–Kier alpha value is -2.32. The van der Waals surface area contributed by atoms with Gasteiger partial charge in [-0.3, -0.25) is 9.59 Å². The number of anilines is 1. The number of carbonyl (C=O) groups is 2. The van der Waals surface area contributed by atoms with Crippen LogP contribution in [-0.2, 0) is 11.2 Å². The van der Waals surface area contributed by atoms with Crippen LogP contribution in [0.15, 0.2) is 24.3 Å². The Kier molecular flexibility index (Phi) is 8.77. The first-order chi connectivity index (χ1) is 14.6. The SMILES string of the molecule is Cc1ccccc1NC(=O)c1nnc(CCCC(=O)NCCN2CCCCCC2)s1. The molecule has 1 aromatic carbocycles. The molecule has 162 valence electrons. The summed E-state index contributed by atoms with van der Waals surface area (Å²) in [5.74, 6) is -0.175. The second kappa shape index (κ2) is 11.8. The maximum atomic E-state index is 12.4. The van der Waals surface area contributed by atoms with Gasteiger partial charge < -0.3 is 15.5 Å². The Bertz CT molecular complexity index is 830. The van der Waals surface area contributed by atoms with E-state index in [1.54, 1.807) is 0 Å². The average molecular weight is 430 g/mol. The van der Waals surface area contributed by atoms with Crippen LogP contribution in [-0.4, -0.2) is 53.1 Å². The number of aromatic nitrogens is 2. The van der Waals surface area contributed by atoms with Crippen molar-refractivity contribution < 1.29 is 9.59 Å². The lowest BCUT2D eigenvalue weighted by molar-refractivity contribution is -0.121. The van der Waals surface area contributed by atoms with Gasteiger partial charge in [0.05, 0.1) is 0 Å². The maximum absolute atomic E-state index is 12.4. The smallest absolute Gasteiger partial charge is 0.286 e. The van der Waals surface area contributed by atoms with E-state index in [0.717, 1.165) is 35.9 Å². The normalized spacial score (nSPS) is 14.8. The number of rotatable bonds is 9. The Morgan fingerprint density at radius 3 is 2.63 bits per heavy atom. The molecule has 1 fully saturated rings. The minimum absolute atomic E-state index is 0.0758. The number of benzene rings is 1. The molecule has 0 bridgehead atoms. The fraction of sp³-hybridized carbons (Fsp3) is 0.545. The third-order valence-corrected chi connectivity index (χ3v) is 6.28. The third-order valence-electron chi connectivity index (χ3n) is 5.30. The number of nitrogens with one attached hydrogen (secondary N) is 2. The molecular weight excluding hydrogens is 398 g/mol. The van der Waals surface area contributed by atoms with Crippen molar-refractivity contribution in [3.63, 3.8) is 0 Å². The Morgan fingerprint density at radius 1 is 1.10 bits per heavy atom. The minimum atomic E-state index is -0.251.